The van der Waals surface area contributed by atoms with Gasteiger partial charge in [-0.25, -0.2) is 4.39 Å². The Morgan fingerprint density at radius 3 is 2.55 bits per heavy atom. The van der Waals surface area contributed by atoms with Crippen LogP contribution in [0.15, 0.2) is 18.2 Å². The van der Waals surface area contributed by atoms with Crippen LogP contribution in [0.1, 0.15) is 30.1 Å². The van der Waals surface area contributed by atoms with Crippen LogP contribution in [0, 0.1) is 15.3 Å². The number of likely N-dealkylation sites (tertiary alicyclic amines) is 1. The molecule has 1 saturated heterocycles. The molecule has 1 aliphatic heterocycles. The van der Waals surface area contributed by atoms with Crippen LogP contribution in [0.25, 0.3) is 0 Å². The molecule has 1 aliphatic rings. The van der Waals surface area contributed by atoms with E-state index in [1.165, 1.54) is 12.1 Å². The van der Waals surface area contributed by atoms with Gasteiger partial charge in [0, 0.05) is 22.7 Å². The minimum atomic E-state index is -0.309. The van der Waals surface area contributed by atoms with Gasteiger partial charge >= 0.3 is 0 Å². The molecule has 0 spiro atoms. The fourth-order valence-electron chi connectivity index (χ4n) is 2.46. The van der Waals surface area contributed by atoms with Gasteiger partial charge in [-0.15, -0.1) is 12.4 Å². The van der Waals surface area contributed by atoms with Crippen molar-refractivity contribution in [2.24, 2.45) is 11.7 Å². The Bertz CT molecular complexity index is 476. The van der Waals surface area contributed by atoms with E-state index in [-0.39, 0.29) is 30.2 Å². The number of amides is 1. The molecule has 2 N–H and O–H groups in total. The number of carbonyl (C=O) groups excluding carboxylic acids is 1. The van der Waals surface area contributed by atoms with E-state index in [1.807, 2.05) is 34.4 Å². The number of piperidine rings is 1. The normalized spacial score (nSPS) is 17.5. The van der Waals surface area contributed by atoms with Crippen molar-refractivity contribution in [3.8, 4) is 0 Å². The van der Waals surface area contributed by atoms with Crippen LogP contribution in [-0.2, 0) is 0 Å². The minimum absolute atomic E-state index is 0. The molecule has 0 aromatic heterocycles. The molecule has 1 aromatic carbocycles. The summed E-state index contributed by atoms with van der Waals surface area (Å²) in [6, 6.07) is 4.48. The fraction of sp³-hybridized carbons (Fsp3) is 0.500. The zero-order valence-corrected chi connectivity index (χ0v) is 14.3. The van der Waals surface area contributed by atoms with Gasteiger partial charge in [-0.05, 0) is 66.5 Å². The predicted molar refractivity (Wildman–Crippen MR) is 88.6 cm³/mol. The number of halogens is 3. The lowest BCUT2D eigenvalue weighted by Crippen LogP contribution is -2.42. The van der Waals surface area contributed by atoms with Crippen molar-refractivity contribution in [3.05, 3.63) is 33.1 Å². The summed E-state index contributed by atoms with van der Waals surface area (Å²) in [5.41, 5.74) is 6.48. The van der Waals surface area contributed by atoms with E-state index in [0.717, 1.165) is 25.9 Å². The first kappa shape index (κ1) is 17.7. The summed E-state index contributed by atoms with van der Waals surface area (Å²) in [5.74, 6) is 0.181. The zero-order chi connectivity index (χ0) is 14.0. The van der Waals surface area contributed by atoms with E-state index in [9.17, 15) is 9.18 Å². The van der Waals surface area contributed by atoms with Crippen molar-refractivity contribution in [1.82, 2.24) is 4.90 Å². The molecule has 0 aliphatic carbocycles. The Balaban J connectivity index is 0.00000200. The standard InChI is InChI=1S/C14H18FIN2O.ClH/c1-9(17)10-4-6-18(7-5-10)14(19)12-3-2-11(15)8-13(12)16;/h2-3,8-10H,4-7,17H2,1H3;1H. The molecule has 112 valence electrons. The molecule has 0 radical (unpaired) electrons. The third-order valence-corrected chi connectivity index (χ3v) is 4.62. The molecule has 0 bridgehead atoms. The van der Waals surface area contributed by atoms with Crippen LogP contribution in [0.4, 0.5) is 4.39 Å². The summed E-state index contributed by atoms with van der Waals surface area (Å²) in [5, 5.41) is 0. The first-order valence-electron chi connectivity index (χ1n) is 6.49. The van der Waals surface area contributed by atoms with Crippen LogP contribution < -0.4 is 5.73 Å². The average molecular weight is 413 g/mol. The van der Waals surface area contributed by atoms with Crippen LogP contribution in [0.3, 0.4) is 0 Å². The van der Waals surface area contributed by atoms with Crippen LogP contribution in [-0.4, -0.2) is 29.9 Å². The van der Waals surface area contributed by atoms with Gasteiger partial charge in [-0.2, -0.15) is 0 Å². The summed E-state index contributed by atoms with van der Waals surface area (Å²) >= 11 is 2.00. The molecule has 1 fully saturated rings. The number of benzene rings is 1. The number of carbonyl (C=O) groups is 1. The predicted octanol–water partition coefficient (Wildman–Crippen LogP) is 3.05. The van der Waals surface area contributed by atoms with E-state index in [4.69, 9.17) is 5.73 Å². The Kier molecular flexibility index (Phi) is 6.68. The van der Waals surface area contributed by atoms with Gasteiger partial charge in [-0.1, -0.05) is 0 Å². The van der Waals surface area contributed by atoms with Gasteiger partial charge in [0.05, 0.1) is 5.56 Å². The maximum absolute atomic E-state index is 13.0. The lowest BCUT2D eigenvalue weighted by molar-refractivity contribution is 0.0680. The SMILES string of the molecule is CC(N)C1CCN(C(=O)c2ccc(F)cc2I)CC1.Cl. The number of nitrogens with zero attached hydrogens (tertiary/aromatic N) is 1. The summed E-state index contributed by atoms with van der Waals surface area (Å²) in [7, 11) is 0. The Morgan fingerprint density at radius 2 is 2.05 bits per heavy atom. The number of hydrogen-bond donors (Lipinski definition) is 1. The van der Waals surface area contributed by atoms with E-state index in [2.05, 4.69) is 0 Å². The zero-order valence-electron chi connectivity index (χ0n) is 11.3. The third-order valence-electron chi connectivity index (χ3n) is 3.73. The summed E-state index contributed by atoms with van der Waals surface area (Å²) in [6.07, 6.45) is 1.89. The molecular formula is C14H19ClFIN2O. The van der Waals surface area contributed by atoms with E-state index < -0.39 is 0 Å². The van der Waals surface area contributed by atoms with Gasteiger partial charge in [0.2, 0.25) is 0 Å². The topological polar surface area (TPSA) is 46.3 Å². The quantitative estimate of drug-likeness (QED) is 0.759. The highest BCUT2D eigenvalue weighted by molar-refractivity contribution is 14.1. The van der Waals surface area contributed by atoms with Gasteiger partial charge in [0.25, 0.3) is 5.91 Å². The van der Waals surface area contributed by atoms with Gasteiger partial charge in [0.1, 0.15) is 5.82 Å². The van der Waals surface area contributed by atoms with Crippen molar-refractivity contribution >= 4 is 40.9 Å². The van der Waals surface area contributed by atoms with Crippen molar-refractivity contribution in [1.29, 1.82) is 0 Å². The maximum atomic E-state index is 13.0. The van der Waals surface area contributed by atoms with E-state index >= 15 is 0 Å². The highest BCUT2D eigenvalue weighted by atomic mass is 127. The first-order valence-corrected chi connectivity index (χ1v) is 7.57. The molecule has 1 atom stereocenters. The smallest absolute Gasteiger partial charge is 0.254 e. The van der Waals surface area contributed by atoms with Crippen LogP contribution >= 0.6 is 35.0 Å². The number of rotatable bonds is 2. The lowest BCUT2D eigenvalue weighted by atomic mass is 9.90. The Labute approximate surface area is 138 Å². The first-order chi connectivity index (χ1) is 8.99. The van der Waals surface area contributed by atoms with Crippen molar-refractivity contribution in [3.63, 3.8) is 0 Å². The molecule has 1 amide bonds. The highest BCUT2D eigenvalue weighted by Crippen LogP contribution is 2.23. The summed E-state index contributed by atoms with van der Waals surface area (Å²) in [4.78, 5) is 14.2. The molecule has 0 saturated carbocycles. The molecule has 1 heterocycles. The molecule has 1 unspecified atom stereocenters. The minimum Gasteiger partial charge on any atom is -0.339 e. The average Bonchev–Trinajstić information content (AvgIpc) is 2.38. The second-order valence-electron chi connectivity index (χ2n) is 5.11. The highest BCUT2D eigenvalue weighted by Gasteiger charge is 2.26. The van der Waals surface area contributed by atoms with E-state index in [0.29, 0.717) is 15.1 Å². The van der Waals surface area contributed by atoms with Crippen LogP contribution in [0.2, 0.25) is 0 Å². The molecule has 2 rings (SSSR count). The molecule has 6 heteroatoms. The second-order valence-corrected chi connectivity index (χ2v) is 6.28. The van der Waals surface area contributed by atoms with Crippen LogP contribution in [0.5, 0.6) is 0 Å². The summed E-state index contributed by atoms with van der Waals surface area (Å²) < 4.78 is 13.7. The Hall–Kier alpha value is -0.400. The van der Waals surface area contributed by atoms with Crippen molar-refractivity contribution in [2.45, 2.75) is 25.8 Å². The maximum Gasteiger partial charge on any atom is 0.254 e. The number of hydrogen-bond acceptors (Lipinski definition) is 2. The molecular weight excluding hydrogens is 394 g/mol. The third kappa shape index (κ3) is 4.05. The summed E-state index contributed by atoms with van der Waals surface area (Å²) in [6.45, 7) is 3.49. The van der Waals surface area contributed by atoms with Gasteiger partial charge in [0.15, 0.2) is 0 Å². The molecule has 20 heavy (non-hydrogen) atoms. The largest absolute Gasteiger partial charge is 0.339 e. The molecule has 3 nitrogen and oxygen atoms in total. The van der Waals surface area contributed by atoms with Crippen molar-refractivity contribution in [2.75, 3.05) is 13.1 Å². The number of nitrogens with two attached hydrogens (primary N) is 1. The van der Waals surface area contributed by atoms with Crippen molar-refractivity contribution < 1.29 is 9.18 Å². The lowest BCUT2D eigenvalue weighted by Gasteiger charge is -2.34. The fourth-order valence-corrected chi connectivity index (χ4v) is 3.17. The molecule has 1 aromatic rings. The van der Waals surface area contributed by atoms with Gasteiger partial charge in [-0.3, -0.25) is 4.79 Å². The Morgan fingerprint density at radius 1 is 1.45 bits per heavy atom. The van der Waals surface area contributed by atoms with Gasteiger partial charge < -0.3 is 10.6 Å². The monoisotopic (exact) mass is 412 g/mol. The van der Waals surface area contributed by atoms with E-state index in [1.54, 1.807) is 6.07 Å². The second kappa shape index (κ2) is 7.56.